The van der Waals surface area contributed by atoms with E-state index < -0.39 is 11.6 Å². The van der Waals surface area contributed by atoms with Gasteiger partial charge in [0.05, 0.1) is 12.2 Å². The first kappa shape index (κ1) is 14.9. The fraction of sp³-hybridized carbons (Fsp3) is 0.462. The molecule has 1 amide bonds. The molecule has 1 aromatic heterocycles. The van der Waals surface area contributed by atoms with Gasteiger partial charge < -0.3 is 14.1 Å². The zero-order chi connectivity index (χ0) is 14.3. The van der Waals surface area contributed by atoms with Crippen molar-refractivity contribution in [3.05, 3.63) is 34.4 Å². The quantitative estimate of drug-likeness (QED) is 0.720. The van der Waals surface area contributed by atoms with Gasteiger partial charge in [0.15, 0.2) is 0 Å². The van der Waals surface area contributed by atoms with Crippen molar-refractivity contribution >= 4 is 11.9 Å². The molecule has 0 fully saturated rings. The first-order valence-electron chi connectivity index (χ1n) is 6.12. The lowest BCUT2D eigenvalue weighted by Gasteiger charge is -2.20. The summed E-state index contributed by atoms with van der Waals surface area (Å²) in [5, 5.41) is 0. The number of esters is 1. The summed E-state index contributed by atoms with van der Waals surface area (Å²) in [6.45, 7) is 4.19. The normalized spacial score (nSPS) is 10.0. The summed E-state index contributed by atoms with van der Waals surface area (Å²) in [5.74, 6) is -0.819. The van der Waals surface area contributed by atoms with Crippen LogP contribution in [0.1, 0.15) is 30.6 Å². The summed E-state index contributed by atoms with van der Waals surface area (Å²) in [6, 6.07) is 2.55. The van der Waals surface area contributed by atoms with Gasteiger partial charge in [0.2, 0.25) is 0 Å². The number of nitrogens with zero attached hydrogens (tertiary/aromatic N) is 1. The predicted molar refractivity (Wildman–Crippen MR) is 67.8 cm³/mol. The van der Waals surface area contributed by atoms with Crippen LogP contribution >= 0.6 is 0 Å². The predicted octanol–water partition coefficient (Wildman–Crippen LogP) is 1.06. The Hall–Kier alpha value is -2.11. The molecule has 6 heteroatoms. The molecule has 1 rings (SSSR count). The maximum absolute atomic E-state index is 12.1. The molecule has 0 radical (unpaired) electrons. The van der Waals surface area contributed by atoms with E-state index in [9.17, 15) is 14.4 Å². The first-order valence-corrected chi connectivity index (χ1v) is 6.12. The second-order valence-electron chi connectivity index (χ2n) is 3.88. The third-order valence-electron chi connectivity index (χ3n) is 2.35. The lowest BCUT2D eigenvalue weighted by molar-refractivity contribution is -0.143. The molecular weight excluding hydrogens is 250 g/mol. The Labute approximate surface area is 111 Å². The fourth-order valence-electron chi connectivity index (χ4n) is 1.55. The van der Waals surface area contributed by atoms with E-state index in [0.717, 1.165) is 6.26 Å². The number of amides is 1. The summed E-state index contributed by atoms with van der Waals surface area (Å²) in [7, 11) is 0. The van der Waals surface area contributed by atoms with Crippen LogP contribution in [0.3, 0.4) is 0 Å². The van der Waals surface area contributed by atoms with Crippen LogP contribution in [-0.2, 0) is 9.53 Å². The molecule has 19 heavy (non-hydrogen) atoms. The van der Waals surface area contributed by atoms with Crippen LogP contribution in [-0.4, -0.2) is 36.5 Å². The molecule has 0 saturated heterocycles. The molecule has 0 bridgehead atoms. The smallest absolute Gasteiger partial charge is 0.335 e. The van der Waals surface area contributed by atoms with E-state index in [1.165, 1.54) is 17.0 Å². The largest absolute Gasteiger partial charge is 0.465 e. The summed E-state index contributed by atoms with van der Waals surface area (Å²) >= 11 is 0. The molecular formula is C13H17NO5. The van der Waals surface area contributed by atoms with Gasteiger partial charge in [0.1, 0.15) is 12.8 Å². The van der Waals surface area contributed by atoms with Crippen LogP contribution in [0.5, 0.6) is 0 Å². The molecule has 0 aliphatic heterocycles. The van der Waals surface area contributed by atoms with E-state index in [-0.39, 0.29) is 24.6 Å². The van der Waals surface area contributed by atoms with Crippen LogP contribution in [0.2, 0.25) is 0 Å². The summed E-state index contributed by atoms with van der Waals surface area (Å²) in [6.07, 6.45) is 1.81. The van der Waals surface area contributed by atoms with Gasteiger partial charge in [-0.3, -0.25) is 9.59 Å². The Morgan fingerprint density at radius 1 is 1.32 bits per heavy atom. The Balaban J connectivity index is 2.80. The van der Waals surface area contributed by atoms with E-state index >= 15 is 0 Å². The molecule has 0 N–H and O–H groups in total. The minimum Gasteiger partial charge on any atom is -0.465 e. The van der Waals surface area contributed by atoms with Gasteiger partial charge in [-0.2, -0.15) is 0 Å². The molecule has 0 aliphatic carbocycles. The van der Waals surface area contributed by atoms with Gasteiger partial charge in [0.25, 0.3) is 5.91 Å². The SMILES string of the molecule is CCCN(CC(=O)OCC)C(=O)c1ccc(=O)oc1. The van der Waals surface area contributed by atoms with Gasteiger partial charge >= 0.3 is 11.6 Å². The van der Waals surface area contributed by atoms with Crippen molar-refractivity contribution < 1.29 is 18.7 Å². The average Bonchev–Trinajstić information content (AvgIpc) is 2.38. The lowest BCUT2D eigenvalue weighted by atomic mass is 10.2. The third kappa shape index (κ3) is 4.57. The summed E-state index contributed by atoms with van der Waals surface area (Å²) in [4.78, 5) is 35.8. The van der Waals surface area contributed by atoms with E-state index in [1.807, 2.05) is 6.92 Å². The molecule has 0 spiro atoms. The van der Waals surface area contributed by atoms with Crippen molar-refractivity contribution in [3.8, 4) is 0 Å². The Morgan fingerprint density at radius 2 is 2.05 bits per heavy atom. The second-order valence-corrected chi connectivity index (χ2v) is 3.88. The van der Waals surface area contributed by atoms with Crippen molar-refractivity contribution in [3.63, 3.8) is 0 Å². The maximum Gasteiger partial charge on any atom is 0.335 e. The van der Waals surface area contributed by atoms with Crippen LogP contribution in [0, 0.1) is 0 Å². The number of rotatable bonds is 6. The molecule has 1 aromatic rings. The Morgan fingerprint density at radius 3 is 2.58 bits per heavy atom. The van der Waals surface area contributed by atoms with Gasteiger partial charge in [-0.1, -0.05) is 6.92 Å². The zero-order valence-corrected chi connectivity index (χ0v) is 11.0. The van der Waals surface area contributed by atoms with Gasteiger partial charge in [-0.25, -0.2) is 4.79 Å². The number of hydrogen-bond donors (Lipinski definition) is 0. The Kier molecular flexibility index (Phi) is 5.78. The minimum atomic E-state index is -0.524. The maximum atomic E-state index is 12.1. The fourth-order valence-corrected chi connectivity index (χ4v) is 1.55. The van der Waals surface area contributed by atoms with Crippen LogP contribution in [0.4, 0.5) is 0 Å². The topological polar surface area (TPSA) is 76.8 Å². The van der Waals surface area contributed by atoms with E-state index in [2.05, 4.69) is 4.42 Å². The Bertz CT molecular complexity index is 474. The standard InChI is InChI=1S/C13H17NO5/c1-3-7-14(8-12(16)18-4-2)13(17)10-5-6-11(15)19-9-10/h5-6,9H,3-4,7-8H2,1-2H3. The van der Waals surface area contributed by atoms with Gasteiger partial charge in [-0.05, 0) is 19.4 Å². The summed E-state index contributed by atoms with van der Waals surface area (Å²) < 4.78 is 9.46. The van der Waals surface area contributed by atoms with E-state index in [1.54, 1.807) is 6.92 Å². The van der Waals surface area contributed by atoms with Crippen molar-refractivity contribution in [1.29, 1.82) is 0 Å². The zero-order valence-electron chi connectivity index (χ0n) is 11.0. The number of ether oxygens (including phenoxy) is 1. The monoisotopic (exact) mass is 267 g/mol. The van der Waals surface area contributed by atoms with E-state index in [0.29, 0.717) is 13.0 Å². The molecule has 0 unspecified atom stereocenters. The molecule has 0 aliphatic rings. The van der Waals surface area contributed by atoms with Crippen molar-refractivity contribution in [1.82, 2.24) is 4.90 Å². The summed E-state index contributed by atoms with van der Waals surface area (Å²) in [5.41, 5.74) is -0.290. The highest BCUT2D eigenvalue weighted by Gasteiger charge is 2.19. The second kappa shape index (κ2) is 7.35. The average molecular weight is 267 g/mol. The highest BCUT2D eigenvalue weighted by atomic mass is 16.5. The highest BCUT2D eigenvalue weighted by Crippen LogP contribution is 2.04. The number of hydrogen-bond acceptors (Lipinski definition) is 5. The van der Waals surface area contributed by atoms with Crippen molar-refractivity contribution in [2.75, 3.05) is 19.7 Å². The molecule has 1 heterocycles. The number of carbonyl (C=O) groups is 2. The van der Waals surface area contributed by atoms with E-state index in [4.69, 9.17) is 4.74 Å². The van der Waals surface area contributed by atoms with Crippen molar-refractivity contribution in [2.45, 2.75) is 20.3 Å². The van der Waals surface area contributed by atoms with Crippen LogP contribution in [0.15, 0.2) is 27.6 Å². The third-order valence-corrected chi connectivity index (χ3v) is 2.35. The number of carbonyl (C=O) groups excluding carboxylic acids is 2. The van der Waals surface area contributed by atoms with Crippen LogP contribution in [0.25, 0.3) is 0 Å². The molecule has 0 atom stereocenters. The minimum absolute atomic E-state index is 0.111. The molecule has 0 saturated carbocycles. The highest BCUT2D eigenvalue weighted by molar-refractivity contribution is 5.95. The molecule has 6 nitrogen and oxygen atoms in total. The first-order chi connectivity index (χ1) is 9.08. The lowest BCUT2D eigenvalue weighted by Crippen LogP contribution is -2.37. The van der Waals surface area contributed by atoms with Gasteiger partial charge in [0, 0.05) is 12.6 Å². The molecule has 104 valence electrons. The molecule has 0 aromatic carbocycles. The van der Waals surface area contributed by atoms with Gasteiger partial charge in [-0.15, -0.1) is 0 Å². The van der Waals surface area contributed by atoms with Crippen molar-refractivity contribution in [2.24, 2.45) is 0 Å². The van der Waals surface area contributed by atoms with Crippen LogP contribution < -0.4 is 5.63 Å².